The molecule has 148 valence electrons. The molecule has 2 aromatic heterocycles. The van der Waals surface area contributed by atoms with E-state index in [-0.39, 0.29) is 11.6 Å². The Bertz CT molecular complexity index is 990. The first-order valence-electron chi connectivity index (χ1n) is 8.62. The van der Waals surface area contributed by atoms with Crippen molar-refractivity contribution in [1.29, 1.82) is 0 Å². The van der Waals surface area contributed by atoms with Crippen LogP contribution in [0.5, 0.6) is 0 Å². The van der Waals surface area contributed by atoms with Gasteiger partial charge in [0.25, 0.3) is 0 Å². The number of aryl methyl sites for hydroxylation is 1. The molecule has 4 heterocycles. The Kier molecular flexibility index (Phi) is 4.45. The summed E-state index contributed by atoms with van der Waals surface area (Å²) in [6.45, 7) is 3.40. The molecule has 0 spiro atoms. The molecule has 4 rings (SSSR count). The minimum atomic E-state index is -4.61. The van der Waals surface area contributed by atoms with E-state index in [0.717, 1.165) is 41.2 Å². The lowest BCUT2D eigenvalue weighted by Crippen LogP contribution is -2.29. The summed E-state index contributed by atoms with van der Waals surface area (Å²) in [7, 11) is 1.71. The van der Waals surface area contributed by atoms with E-state index in [9.17, 15) is 13.2 Å². The standard InChI is InChI=1S/C16H16ClF3N8/c1-10-27(17)9-11(16(18,19)20)14-21-12(23-28(10)14)5-6-13-22-15(24-25(13)2)26-7-3-4-8-26/h9-10H,3-4,7-8H2,1-2H3. The molecule has 1 fully saturated rings. The zero-order chi connectivity index (χ0) is 20.1. The lowest BCUT2D eigenvalue weighted by molar-refractivity contribution is -0.0711. The predicted octanol–water partition coefficient (Wildman–Crippen LogP) is 2.30. The highest BCUT2D eigenvalue weighted by Crippen LogP contribution is 2.38. The van der Waals surface area contributed by atoms with Crippen LogP contribution in [0.4, 0.5) is 19.1 Å². The summed E-state index contributed by atoms with van der Waals surface area (Å²) in [6, 6.07) is 0. The van der Waals surface area contributed by atoms with E-state index in [1.165, 1.54) is 4.68 Å². The van der Waals surface area contributed by atoms with Crippen LogP contribution < -0.4 is 4.90 Å². The van der Waals surface area contributed by atoms with Gasteiger partial charge in [-0.2, -0.15) is 23.1 Å². The van der Waals surface area contributed by atoms with Gasteiger partial charge in [-0.3, -0.25) is 4.42 Å². The SMILES string of the molecule is CC1N(Cl)C=C(C(F)(F)F)c2nc(C#Cc3nc(N4CCCC4)nn3C)nn21. The molecule has 0 radical (unpaired) electrons. The number of alkyl halides is 3. The van der Waals surface area contributed by atoms with Crippen LogP contribution in [0.15, 0.2) is 6.20 Å². The summed E-state index contributed by atoms with van der Waals surface area (Å²) >= 11 is 5.87. The van der Waals surface area contributed by atoms with Crippen LogP contribution in [0.25, 0.3) is 5.57 Å². The normalized spacial score (nSPS) is 19.4. The molecule has 2 aliphatic heterocycles. The summed E-state index contributed by atoms with van der Waals surface area (Å²) in [5.41, 5.74) is -0.976. The first-order chi connectivity index (χ1) is 13.2. The highest BCUT2D eigenvalue weighted by Gasteiger charge is 2.42. The quantitative estimate of drug-likeness (QED) is 0.529. The molecule has 2 aliphatic rings. The van der Waals surface area contributed by atoms with E-state index < -0.39 is 17.9 Å². The van der Waals surface area contributed by atoms with Crippen LogP contribution in [0.3, 0.4) is 0 Å². The minimum absolute atomic E-state index is 0.0466. The average Bonchev–Trinajstić information content (AvgIpc) is 3.34. The number of hydrogen-bond acceptors (Lipinski definition) is 6. The van der Waals surface area contributed by atoms with Gasteiger partial charge in [-0.15, -0.1) is 10.2 Å². The number of fused-ring (bicyclic) bond motifs is 1. The maximum absolute atomic E-state index is 13.3. The Morgan fingerprint density at radius 3 is 2.54 bits per heavy atom. The predicted molar refractivity (Wildman–Crippen MR) is 94.9 cm³/mol. The topological polar surface area (TPSA) is 67.9 Å². The fraction of sp³-hybridized carbons (Fsp3) is 0.500. The summed E-state index contributed by atoms with van der Waals surface area (Å²) in [5.74, 6) is 6.07. The van der Waals surface area contributed by atoms with Crippen molar-refractivity contribution in [3.63, 3.8) is 0 Å². The molecule has 0 aromatic carbocycles. The van der Waals surface area contributed by atoms with Crippen LogP contribution >= 0.6 is 11.8 Å². The Balaban J connectivity index is 1.65. The zero-order valence-electron chi connectivity index (χ0n) is 15.1. The van der Waals surface area contributed by atoms with Crippen LogP contribution in [0, 0.1) is 11.8 Å². The molecule has 0 saturated carbocycles. The first kappa shape index (κ1) is 18.6. The molecule has 2 aromatic rings. The number of halogens is 4. The zero-order valence-corrected chi connectivity index (χ0v) is 15.8. The molecule has 12 heteroatoms. The highest BCUT2D eigenvalue weighted by molar-refractivity contribution is 6.14. The van der Waals surface area contributed by atoms with Crippen molar-refractivity contribution in [2.75, 3.05) is 18.0 Å². The fourth-order valence-electron chi connectivity index (χ4n) is 3.06. The van der Waals surface area contributed by atoms with E-state index in [0.29, 0.717) is 11.8 Å². The van der Waals surface area contributed by atoms with Gasteiger partial charge in [-0.05, 0) is 31.6 Å². The summed E-state index contributed by atoms with van der Waals surface area (Å²) in [5, 5.41) is 8.41. The lowest BCUT2D eigenvalue weighted by atomic mass is 10.2. The smallest absolute Gasteiger partial charge is 0.340 e. The Hall–Kier alpha value is -2.74. The van der Waals surface area contributed by atoms with Crippen molar-refractivity contribution in [3.8, 4) is 11.8 Å². The van der Waals surface area contributed by atoms with Gasteiger partial charge in [-0.25, -0.2) is 9.36 Å². The highest BCUT2D eigenvalue weighted by atomic mass is 35.5. The van der Waals surface area contributed by atoms with Crippen LogP contribution in [0.2, 0.25) is 0 Å². The largest absolute Gasteiger partial charge is 0.421 e. The molecule has 0 bridgehead atoms. The maximum Gasteiger partial charge on any atom is 0.421 e. The number of aromatic nitrogens is 6. The van der Waals surface area contributed by atoms with Gasteiger partial charge in [0, 0.05) is 38.1 Å². The number of anilines is 1. The molecule has 8 nitrogen and oxygen atoms in total. The second-order valence-corrected chi connectivity index (χ2v) is 6.91. The Labute approximate surface area is 163 Å². The lowest BCUT2D eigenvalue weighted by Gasteiger charge is -2.28. The van der Waals surface area contributed by atoms with Gasteiger partial charge in [0.15, 0.2) is 5.82 Å². The Morgan fingerprint density at radius 2 is 1.86 bits per heavy atom. The van der Waals surface area contributed by atoms with Gasteiger partial charge in [0.2, 0.25) is 17.6 Å². The van der Waals surface area contributed by atoms with Crippen LogP contribution in [0.1, 0.15) is 43.4 Å². The second-order valence-electron chi connectivity index (χ2n) is 6.52. The van der Waals surface area contributed by atoms with Crippen LogP contribution in [-0.4, -0.2) is 53.2 Å². The van der Waals surface area contributed by atoms with E-state index >= 15 is 0 Å². The minimum Gasteiger partial charge on any atom is -0.340 e. The number of allylic oxidation sites excluding steroid dienone is 1. The van der Waals surface area contributed by atoms with E-state index in [2.05, 4.69) is 36.9 Å². The molecular formula is C16H16ClF3N8. The fourth-order valence-corrected chi connectivity index (χ4v) is 3.24. The van der Waals surface area contributed by atoms with Gasteiger partial charge in [-0.1, -0.05) is 0 Å². The molecule has 0 N–H and O–H groups in total. The van der Waals surface area contributed by atoms with E-state index in [1.807, 2.05) is 0 Å². The van der Waals surface area contributed by atoms with E-state index in [4.69, 9.17) is 11.8 Å². The third kappa shape index (κ3) is 3.28. The van der Waals surface area contributed by atoms with Gasteiger partial charge in [0.05, 0.1) is 0 Å². The molecular weight excluding hydrogens is 397 g/mol. The number of hydrogen-bond donors (Lipinski definition) is 0. The average molecular weight is 413 g/mol. The van der Waals surface area contributed by atoms with Gasteiger partial charge < -0.3 is 4.90 Å². The maximum atomic E-state index is 13.3. The van der Waals surface area contributed by atoms with Crippen molar-refractivity contribution in [3.05, 3.63) is 23.7 Å². The molecule has 1 unspecified atom stereocenters. The third-order valence-electron chi connectivity index (χ3n) is 4.57. The monoisotopic (exact) mass is 412 g/mol. The summed E-state index contributed by atoms with van der Waals surface area (Å²) in [4.78, 5) is 10.4. The van der Waals surface area contributed by atoms with Crippen molar-refractivity contribution >= 4 is 23.3 Å². The summed E-state index contributed by atoms with van der Waals surface area (Å²) in [6.07, 6.45) is -2.26. The number of nitrogens with zero attached hydrogens (tertiary/aromatic N) is 8. The number of rotatable bonds is 1. The molecule has 28 heavy (non-hydrogen) atoms. The first-order valence-corrected chi connectivity index (χ1v) is 8.96. The second kappa shape index (κ2) is 6.70. The van der Waals surface area contributed by atoms with Crippen molar-refractivity contribution in [1.82, 2.24) is 33.9 Å². The van der Waals surface area contributed by atoms with Crippen LogP contribution in [-0.2, 0) is 7.05 Å². The third-order valence-corrected chi connectivity index (χ3v) is 4.95. The van der Waals surface area contributed by atoms with Crippen molar-refractivity contribution in [2.45, 2.75) is 32.1 Å². The van der Waals surface area contributed by atoms with Crippen molar-refractivity contribution < 1.29 is 13.2 Å². The van der Waals surface area contributed by atoms with E-state index in [1.54, 1.807) is 14.0 Å². The van der Waals surface area contributed by atoms with Crippen molar-refractivity contribution in [2.24, 2.45) is 7.05 Å². The molecule has 0 amide bonds. The Morgan fingerprint density at radius 1 is 1.14 bits per heavy atom. The molecule has 1 saturated heterocycles. The summed E-state index contributed by atoms with van der Waals surface area (Å²) < 4.78 is 43.4. The van der Waals surface area contributed by atoms with Gasteiger partial charge in [0.1, 0.15) is 11.7 Å². The molecule has 0 aliphatic carbocycles. The molecule has 1 atom stereocenters. The van der Waals surface area contributed by atoms with Gasteiger partial charge >= 0.3 is 6.18 Å².